The van der Waals surface area contributed by atoms with Crippen LogP contribution in [0.5, 0.6) is 0 Å². The van der Waals surface area contributed by atoms with Crippen molar-refractivity contribution in [3.8, 4) is 0 Å². The lowest BCUT2D eigenvalue weighted by Crippen LogP contribution is -2.41. The number of anilines is 1. The zero-order chi connectivity index (χ0) is 26.1. The van der Waals surface area contributed by atoms with Gasteiger partial charge in [0.2, 0.25) is 0 Å². The first-order valence-corrected chi connectivity index (χ1v) is 15.6. The van der Waals surface area contributed by atoms with Crippen molar-refractivity contribution < 1.29 is 4.48 Å². The predicted octanol–water partition coefficient (Wildman–Crippen LogP) is 8.28. The van der Waals surface area contributed by atoms with Gasteiger partial charge in [-0.15, -0.1) is 23.1 Å². The predicted molar refractivity (Wildman–Crippen MR) is 164 cm³/mol. The van der Waals surface area contributed by atoms with E-state index in [4.69, 9.17) is 0 Å². The summed E-state index contributed by atoms with van der Waals surface area (Å²) in [5, 5.41) is 1.01. The highest BCUT2D eigenvalue weighted by molar-refractivity contribution is 7.98. The Hall–Kier alpha value is -2.41. The summed E-state index contributed by atoms with van der Waals surface area (Å²) in [6.07, 6.45) is 24.5. The van der Waals surface area contributed by atoms with E-state index in [9.17, 15) is 0 Å². The molecule has 4 rings (SSSR count). The standard InChI is InChI=1S/C31H41N4S2/c1-5-6-21-35(2,3)22-10-8-7-9-19-34-20-17-25(27-15-14-26(36-4)23-29(27)34)12-11-13-31-33-28-16-18-32-24-30(28)37-31/h11-18,20,23-24H,5-10,19,21-22H2,1-4H3/q+1. The number of unbranched alkanes of at least 4 members (excludes halogenated alkanes) is 4. The number of benzene rings is 1. The Bertz CT molecular complexity index is 1220. The van der Waals surface area contributed by atoms with E-state index in [0.29, 0.717) is 0 Å². The number of thiazole rings is 1. The van der Waals surface area contributed by atoms with E-state index in [2.05, 4.69) is 90.8 Å². The Morgan fingerprint density at radius 2 is 1.89 bits per heavy atom. The summed E-state index contributed by atoms with van der Waals surface area (Å²) in [6, 6.07) is 8.82. The van der Waals surface area contributed by atoms with Gasteiger partial charge in [0.25, 0.3) is 0 Å². The topological polar surface area (TPSA) is 29.0 Å². The summed E-state index contributed by atoms with van der Waals surface area (Å²) in [4.78, 5) is 12.6. The molecule has 0 N–H and O–H groups in total. The van der Waals surface area contributed by atoms with Crippen LogP contribution in [0.25, 0.3) is 21.9 Å². The van der Waals surface area contributed by atoms with Crippen molar-refractivity contribution in [1.82, 2.24) is 9.97 Å². The summed E-state index contributed by atoms with van der Waals surface area (Å²) in [5.74, 6) is 0. The van der Waals surface area contributed by atoms with Gasteiger partial charge in [-0.05, 0) is 67.9 Å². The largest absolute Gasteiger partial charge is 0.347 e. The Balaban J connectivity index is 1.36. The van der Waals surface area contributed by atoms with Gasteiger partial charge in [-0.1, -0.05) is 38.0 Å². The van der Waals surface area contributed by atoms with Crippen LogP contribution >= 0.6 is 23.1 Å². The lowest BCUT2D eigenvalue weighted by molar-refractivity contribution is -0.890. The Morgan fingerprint density at radius 3 is 2.70 bits per heavy atom. The van der Waals surface area contributed by atoms with Gasteiger partial charge in [0, 0.05) is 41.3 Å². The SMILES string of the molecule is CCCC[N+](C)(C)CCCCCCN1C=CC(=CC=Cc2nc3ccncc3s2)c2ccc(SC)cc21. The van der Waals surface area contributed by atoms with Crippen LogP contribution in [-0.2, 0) is 0 Å². The quantitative estimate of drug-likeness (QED) is 0.126. The van der Waals surface area contributed by atoms with E-state index in [1.54, 1.807) is 29.3 Å². The van der Waals surface area contributed by atoms with Gasteiger partial charge in [-0.2, -0.15) is 0 Å². The summed E-state index contributed by atoms with van der Waals surface area (Å²) in [6.45, 7) is 5.94. The van der Waals surface area contributed by atoms with Crippen molar-refractivity contribution >= 4 is 50.7 Å². The molecule has 0 radical (unpaired) electrons. The van der Waals surface area contributed by atoms with Crippen LogP contribution in [0.3, 0.4) is 0 Å². The van der Waals surface area contributed by atoms with Crippen molar-refractivity contribution in [2.75, 3.05) is 44.9 Å². The van der Waals surface area contributed by atoms with Gasteiger partial charge in [0.15, 0.2) is 0 Å². The minimum Gasteiger partial charge on any atom is -0.347 e. The zero-order valence-electron chi connectivity index (χ0n) is 22.8. The maximum Gasteiger partial charge on any atom is 0.117 e. The monoisotopic (exact) mass is 533 g/mol. The van der Waals surface area contributed by atoms with Crippen LogP contribution in [0.2, 0.25) is 0 Å². The highest BCUT2D eigenvalue weighted by Crippen LogP contribution is 2.36. The molecule has 0 unspecified atom stereocenters. The lowest BCUT2D eigenvalue weighted by Gasteiger charge is -2.30. The molecule has 3 heterocycles. The fourth-order valence-electron chi connectivity index (χ4n) is 4.78. The number of pyridine rings is 1. The summed E-state index contributed by atoms with van der Waals surface area (Å²) < 4.78 is 2.28. The molecule has 1 aliphatic rings. The summed E-state index contributed by atoms with van der Waals surface area (Å²) >= 11 is 3.48. The van der Waals surface area contributed by atoms with Gasteiger partial charge in [-0.25, -0.2) is 4.98 Å². The molecule has 0 bridgehead atoms. The molecular weight excluding hydrogens is 493 g/mol. The third-order valence-electron chi connectivity index (χ3n) is 7.01. The number of allylic oxidation sites excluding steroid dienone is 4. The Kier molecular flexibility index (Phi) is 10.0. The van der Waals surface area contributed by atoms with Gasteiger partial charge >= 0.3 is 0 Å². The third-order valence-corrected chi connectivity index (χ3v) is 8.71. The van der Waals surface area contributed by atoms with Gasteiger partial charge in [0.05, 0.1) is 37.4 Å². The second kappa shape index (κ2) is 13.4. The average Bonchev–Trinajstić information content (AvgIpc) is 3.32. The first-order chi connectivity index (χ1) is 18.0. The van der Waals surface area contributed by atoms with Crippen molar-refractivity contribution in [2.45, 2.75) is 50.3 Å². The molecule has 0 amide bonds. The van der Waals surface area contributed by atoms with Crippen molar-refractivity contribution in [2.24, 2.45) is 0 Å². The number of fused-ring (bicyclic) bond motifs is 2. The number of aromatic nitrogens is 2. The Labute approximate surface area is 231 Å². The van der Waals surface area contributed by atoms with Crippen molar-refractivity contribution in [3.05, 3.63) is 71.7 Å². The number of rotatable bonds is 13. The number of hydrogen-bond donors (Lipinski definition) is 0. The maximum absolute atomic E-state index is 4.69. The molecule has 2 aromatic heterocycles. The fraction of sp³-hybridized carbons (Fsp3) is 0.419. The molecule has 1 aliphatic heterocycles. The fourth-order valence-corrected chi connectivity index (χ4v) is 6.06. The molecule has 0 fully saturated rings. The summed E-state index contributed by atoms with van der Waals surface area (Å²) in [5.41, 5.74) is 4.87. The highest BCUT2D eigenvalue weighted by atomic mass is 32.2. The number of nitrogens with zero attached hydrogens (tertiary/aromatic N) is 4. The molecule has 0 saturated carbocycles. The number of hydrogen-bond acceptors (Lipinski definition) is 5. The van der Waals surface area contributed by atoms with E-state index in [-0.39, 0.29) is 0 Å². The molecule has 6 heteroatoms. The van der Waals surface area contributed by atoms with Gasteiger partial charge in [0.1, 0.15) is 5.01 Å². The number of thioether (sulfide) groups is 1. The molecule has 0 atom stereocenters. The zero-order valence-corrected chi connectivity index (χ0v) is 24.5. The van der Waals surface area contributed by atoms with E-state index >= 15 is 0 Å². The third kappa shape index (κ3) is 7.79. The summed E-state index contributed by atoms with van der Waals surface area (Å²) in [7, 11) is 4.76. The van der Waals surface area contributed by atoms with E-state index < -0.39 is 0 Å². The molecule has 0 saturated heterocycles. The lowest BCUT2D eigenvalue weighted by atomic mass is 9.99. The van der Waals surface area contributed by atoms with Gasteiger partial charge in [-0.3, -0.25) is 4.98 Å². The van der Waals surface area contributed by atoms with E-state index in [1.807, 2.05) is 12.3 Å². The van der Waals surface area contributed by atoms with Crippen molar-refractivity contribution in [1.29, 1.82) is 0 Å². The maximum atomic E-state index is 4.69. The van der Waals surface area contributed by atoms with E-state index in [0.717, 1.165) is 26.3 Å². The molecule has 196 valence electrons. The highest BCUT2D eigenvalue weighted by Gasteiger charge is 2.17. The minimum absolute atomic E-state index is 1.01. The molecule has 3 aromatic rings. The van der Waals surface area contributed by atoms with Crippen LogP contribution < -0.4 is 4.90 Å². The molecule has 1 aromatic carbocycles. The number of quaternary nitrogens is 1. The van der Waals surface area contributed by atoms with Crippen LogP contribution in [0.4, 0.5) is 5.69 Å². The first kappa shape index (κ1) is 27.6. The smallest absolute Gasteiger partial charge is 0.117 e. The second-order valence-corrected chi connectivity index (χ2v) is 12.4. The van der Waals surface area contributed by atoms with Crippen LogP contribution in [0.15, 0.2) is 66.0 Å². The van der Waals surface area contributed by atoms with E-state index in [1.165, 1.54) is 73.3 Å². The molecule has 0 spiro atoms. The van der Waals surface area contributed by atoms with Crippen molar-refractivity contribution in [3.63, 3.8) is 0 Å². The second-order valence-electron chi connectivity index (χ2n) is 10.4. The minimum atomic E-state index is 1.01. The Morgan fingerprint density at radius 1 is 1.05 bits per heavy atom. The molecule has 37 heavy (non-hydrogen) atoms. The molecule has 4 nitrogen and oxygen atoms in total. The molecular formula is C31H41N4S2+. The average molecular weight is 534 g/mol. The van der Waals surface area contributed by atoms with Crippen LogP contribution in [0.1, 0.15) is 56.0 Å². The first-order valence-electron chi connectivity index (χ1n) is 13.5. The molecule has 0 aliphatic carbocycles. The van der Waals surface area contributed by atoms with Crippen LogP contribution in [0, 0.1) is 0 Å². The van der Waals surface area contributed by atoms with Crippen LogP contribution in [-0.4, -0.2) is 54.4 Å². The normalized spacial score (nSPS) is 14.8. The van der Waals surface area contributed by atoms with Gasteiger partial charge < -0.3 is 9.38 Å².